The summed E-state index contributed by atoms with van der Waals surface area (Å²) in [6.45, 7) is 5.49. The largest absolute Gasteiger partial charge is 0.478 e. The molecule has 0 bridgehead atoms. The molecular formula is C13H12O4. The molecule has 0 aromatic heterocycles. The molecule has 4 nitrogen and oxygen atoms in total. The Morgan fingerprint density at radius 1 is 1.18 bits per heavy atom. The fourth-order valence-electron chi connectivity index (χ4n) is 1.42. The number of aromatic carboxylic acids is 2. The third kappa shape index (κ3) is 2.81. The average molecular weight is 232 g/mol. The van der Waals surface area contributed by atoms with E-state index in [0.29, 0.717) is 11.1 Å². The summed E-state index contributed by atoms with van der Waals surface area (Å²) in [7, 11) is 0. The van der Waals surface area contributed by atoms with Crippen LogP contribution in [0.5, 0.6) is 0 Å². The molecule has 0 fully saturated rings. The fraction of sp³-hybridized carbons (Fsp3) is 0.0769. The monoisotopic (exact) mass is 232 g/mol. The normalized spacial score (nSPS) is 10.4. The van der Waals surface area contributed by atoms with E-state index in [1.807, 2.05) is 0 Å². The van der Waals surface area contributed by atoms with E-state index in [1.165, 1.54) is 18.2 Å². The van der Waals surface area contributed by atoms with Crippen LogP contribution in [0.15, 0.2) is 36.9 Å². The van der Waals surface area contributed by atoms with Gasteiger partial charge in [0.1, 0.15) is 0 Å². The van der Waals surface area contributed by atoms with Crippen LogP contribution in [0.4, 0.5) is 0 Å². The van der Waals surface area contributed by atoms with Gasteiger partial charge in [-0.2, -0.15) is 0 Å². The lowest BCUT2D eigenvalue weighted by Crippen LogP contribution is -2.04. The Morgan fingerprint density at radius 3 is 2.29 bits per heavy atom. The summed E-state index contributed by atoms with van der Waals surface area (Å²) in [5, 5.41) is 17.9. The highest BCUT2D eigenvalue weighted by Gasteiger charge is 2.14. The molecule has 0 heterocycles. The van der Waals surface area contributed by atoms with Gasteiger partial charge in [-0.1, -0.05) is 18.7 Å². The molecule has 1 rings (SSSR count). The molecular weight excluding hydrogens is 220 g/mol. The quantitative estimate of drug-likeness (QED) is 0.782. The van der Waals surface area contributed by atoms with Crippen LogP contribution in [0.3, 0.4) is 0 Å². The third-order valence-electron chi connectivity index (χ3n) is 2.21. The molecule has 0 amide bonds. The Balaban J connectivity index is 3.40. The number of rotatable bonds is 4. The highest BCUT2D eigenvalue weighted by molar-refractivity contribution is 5.98. The minimum absolute atomic E-state index is 0.0376. The molecule has 17 heavy (non-hydrogen) atoms. The van der Waals surface area contributed by atoms with E-state index < -0.39 is 11.9 Å². The number of carbonyl (C=O) groups is 2. The number of carboxylic acids is 2. The number of benzene rings is 1. The lowest BCUT2D eigenvalue weighted by Gasteiger charge is -2.07. The predicted molar refractivity (Wildman–Crippen MR) is 64.2 cm³/mol. The van der Waals surface area contributed by atoms with Crippen LogP contribution in [0, 0.1) is 0 Å². The number of hydrogen-bond donors (Lipinski definition) is 2. The van der Waals surface area contributed by atoms with Crippen LogP contribution < -0.4 is 0 Å². The van der Waals surface area contributed by atoms with Crippen LogP contribution in [-0.4, -0.2) is 22.2 Å². The van der Waals surface area contributed by atoms with Crippen molar-refractivity contribution in [2.75, 3.05) is 0 Å². The Labute approximate surface area is 98.5 Å². The van der Waals surface area contributed by atoms with E-state index in [0.717, 1.165) is 0 Å². The van der Waals surface area contributed by atoms with Gasteiger partial charge < -0.3 is 10.2 Å². The third-order valence-corrected chi connectivity index (χ3v) is 2.21. The Bertz CT molecular complexity index is 512. The van der Waals surface area contributed by atoms with Crippen molar-refractivity contribution in [3.63, 3.8) is 0 Å². The molecule has 1 aromatic rings. The van der Waals surface area contributed by atoms with Gasteiger partial charge >= 0.3 is 11.9 Å². The molecule has 0 atom stereocenters. The van der Waals surface area contributed by atoms with Gasteiger partial charge in [0, 0.05) is 0 Å². The zero-order chi connectivity index (χ0) is 13.0. The SMILES string of the molecule is C=C(C=CC)c1cc(C(=O)O)ccc1C(=O)O. The number of hydrogen-bond acceptors (Lipinski definition) is 2. The Hall–Kier alpha value is -2.36. The van der Waals surface area contributed by atoms with Gasteiger partial charge in [-0.25, -0.2) is 9.59 Å². The summed E-state index contributed by atoms with van der Waals surface area (Å²) >= 11 is 0. The van der Waals surface area contributed by atoms with Crippen molar-refractivity contribution < 1.29 is 19.8 Å². The summed E-state index contributed by atoms with van der Waals surface area (Å²) in [6, 6.07) is 3.85. The first-order valence-corrected chi connectivity index (χ1v) is 4.90. The maximum absolute atomic E-state index is 11.0. The lowest BCUT2D eigenvalue weighted by atomic mass is 9.98. The van der Waals surface area contributed by atoms with Gasteiger partial charge in [0.25, 0.3) is 0 Å². The molecule has 2 N–H and O–H groups in total. The van der Waals surface area contributed by atoms with E-state index >= 15 is 0 Å². The fourth-order valence-corrected chi connectivity index (χ4v) is 1.42. The summed E-state index contributed by atoms with van der Waals surface area (Å²) in [5.74, 6) is -2.21. The average Bonchev–Trinajstić information content (AvgIpc) is 2.28. The molecule has 0 aliphatic rings. The van der Waals surface area contributed by atoms with Crippen molar-refractivity contribution in [2.24, 2.45) is 0 Å². The molecule has 0 saturated heterocycles. The van der Waals surface area contributed by atoms with E-state index in [4.69, 9.17) is 10.2 Å². The van der Waals surface area contributed by atoms with Crippen molar-refractivity contribution in [3.8, 4) is 0 Å². The zero-order valence-corrected chi connectivity index (χ0v) is 9.30. The molecule has 88 valence electrons. The minimum Gasteiger partial charge on any atom is -0.478 e. The summed E-state index contributed by atoms with van der Waals surface area (Å²) in [6.07, 6.45) is 3.34. The standard InChI is InChI=1S/C13H12O4/c1-3-4-8(2)11-7-9(12(14)15)5-6-10(11)13(16)17/h3-7H,2H2,1H3,(H,14,15)(H,16,17). The maximum atomic E-state index is 11.0. The van der Waals surface area contributed by atoms with Gasteiger partial charge in [0.15, 0.2) is 0 Å². The predicted octanol–water partition coefficient (Wildman–Crippen LogP) is 2.67. The zero-order valence-electron chi connectivity index (χ0n) is 9.30. The highest BCUT2D eigenvalue weighted by atomic mass is 16.4. The Morgan fingerprint density at radius 2 is 1.82 bits per heavy atom. The van der Waals surface area contributed by atoms with E-state index in [1.54, 1.807) is 19.1 Å². The maximum Gasteiger partial charge on any atom is 0.336 e. The molecule has 0 unspecified atom stereocenters. The van der Waals surface area contributed by atoms with Crippen molar-refractivity contribution in [3.05, 3.63) is 53.6 Å². The highest BCUT2D eigenvalue weighted by Crippen LogP contribution is 2.21. The van der Waals surface area contributed by atoms with Crippen molar-refractivity contribution in [1.29, 1.82) is 0 Å². The van der Waals surface area contributed by atoms with Gasteiger partial charge in [-0.3, -0.25) is 0 Å². The number of allylic oxidation sites excluding steroid dienone is 3. The second-order valence-electron chi connectivity index (χ2n) is 3.40. The van der Waals surface area contributed by atoms with Crippen LogP contribution in [0.2, 0.25) is 0 Å². The molecule has 0 aliphatic heterocycles. The van der Waals surface area contributed by atoms with Crippen LogP contribution in [0.1, 0.15) is 33.2 Å². The first kappa shape index (κ1) is 12.7. The van der Waals surface area contributed by atoms with Gasteiger partial charge in [-0.05, 0) is 36.3 Å². The van der Waals surface area contributed by atoms with E-state index in [-0.39, 0.29) is 11.1 Å². The second-order valence-corrected chi connectivity index (χ2v) is 3.40. The number of carboxylic acid groups (broad SMARTS) is 2. The van der Waals surface area contributed by atoms with Crippen molar-refractivity contribution in [1.82, 2.24) is 0 Å². The van der Waals surface area contributed by atoms with Crippen LogP contribution in [-0.2, 0) is 0 Å². The van der Waals surface area contributed by atoms with Crippen LogP contribution >= 0.6 is 0 Å². The molecule has 0 radical (unpaired) electrons. The molecule has 1 aromatic carbocycles. The van der Waals surface area contributed by atoms with Crippen molar-refractivity contribution in [2.45, 2.75) is 6.92 Å². The van der Waals surface area contributed by atoms with Gasteiger partial charge in [-0.15, -0.1) is 0 Å². The summed E-state index contributed by atoms with van der Waals surface area (Å²) < 4.78 is 0. The first-order chi connectivity index (χ1) is 7.97. The van der Waals surface area contributed by atoms with Crippen LogP contribution in [0.25, 0.3) is 5.57 Å². The Kier molecular flexibility index (Phi) is 3.82. The van der Waals surface area contributed by atoms with Crippen molar-refractivity contribution >= 4 is 17.5 Å². The van der Waals surface area contributed by atoms with Gasteiger partial charge in [0.2, 0.25) is 0 Å². The molecule has 0 spiro atoms. The molecule has 0 aliphatic carbocycles. The van der Waals surface area contributed by atoms with E-state index in [2.05, 4.69) is 6.58 Å². The topological polar surface area (TPSA) is 74.6 Å². The van der Waals surface area contributed by atoms with E-state index in [9.17, 15) is 9.59 Å². The lowest BCUT2D eigenvalue weighted by molar-refractivity contribution is 0.0681. The summed E-state index contributed by atoms with van der Waals surface area (Å²) in [5.41, 5.74) is 0.859. The first-order valence-electron chi connectivity index (χ1n) is 4.90. The molecule has 0 saturated carbocycles. The van der Waals surface area contributed by atoms with Gasteiger partial charge in [0.05, 0.1) is 11.1 Å². The second kappa shape index (κ2) is 5.12. The molecule has 4 heteroatoms. The summed E-state index contributed by atoms with van der Waals surface area (Å²) in [4.78, 5) is 21.8. The minimum atomic E-state index is -1.11. The smallest absolute Gasteiger partial charge is 0.336 e.